The largest absolute Gasteiger partial charge is 0.494 e. The first kappa shape index (κ1) is 20.7. The summed E-state index contributed by atoms with van der Waals surface area (Å²) in [6.07, 6.45) is 1.12. The maximum absolute atomic E-state index is 13.7. The molecule has 4 rings (SSSR count). The number of carbonyl (C=O) groups excluding carboxylic acids is 2. The number of rotatable bonds is 6. The summed E-state index contributed by atoms with van der Waals surface area (Å²) in [5, 5.41) is 12.8. The van der Waals surface area contributed by atoms with Crippen molar-refractivity contribution < 1.29 is 18.7 Å². The van der Waals surface area contributed by atoms with Crippen LogP contribution >= 0.6 is 0 Å². The summed E-state index contributed by atoms with van der Waals surface area (Å²) in [6.45, 7) is 3.41. The van der Waals surface area contributed by atoms with Gasteiger partial charge in [0.15, 0.2) is 23.0 Å². The molecular weight excluding hydrogens is 413 g/mol. The Morgan fingerprint density at radius 2 is 1.94 bits per heavy atom. The Morgan fingerprint density at radius 1 is 1.12 bits per heavy atom. The zero-order valence-electron chi connectivity index (χ0n) is 17.0. The smallest absolute Gasteiger partial charge is 0.258 e. The van der Waals surface area contributed by atoms with Crippen LogP contribution in [0, 0.1) is 5.82 Å². The van der Waals surface area contributed by atoms with Gasteiger partial charge in [0.05, 0.1) is 29.4 Å². The third-order valence-electron chi connectivity index (χ3n) is 4.72. The summed E-state index contributed by atoms with van der Waals surface area (Å²) >= 11 is 0. The number of anilines is 2. The van der Waals surface area contributed by atoms with Crippen LogP contribution in [0.4, 0.5) is 15.9 Å². The van der Waals surface area contributed by atoms with Gasteiger partial charge in [0.25, 0.3) is 5.91 Å². The van der Waals surface area contributed by atoms with Crippen molar-refractivity contribution in [3.8, 4) is 17.0 Å². The molecule has 9 heteroatoms. The molecule has 0 aliphatic heterocycles. The average molecular weight is 431 g/mol. The summed E-state index contributed by atoms with van der Waals surface area (Å²) in [6, 6.07) is 14.5. The normalized spacial score (nSPS) is 10.6. The Bertz CT molecular complexity index is 1350. The SMILES string of the molecule is C=CC(=O)Nc1ccccc1C(=O)Nc1n[nH]c2nc(-c3ccc(F)c(OC)c3)ccc12. The quantitative estimate of drug-likeness (QED) is 0.398. The molecule has 32 heavy (non-hydrogen) atoms. The van der Waals surface area contributed by atoms with Gasteiger partial charge >= 0.3 is 0 Å². The number of nitrogens with one attached hydrogen (secondary N) is 3. The van der Waals surface area contributed by atoms with E-state index in [1.54, 1.807) is 48.5 Å². The van der Waals surface area contributed by atoms with Gasteiger partial charge < -0.3 is 15.4 Å². The van der Waals surface area contributed by atoms with Gasteiger partial charge in [0, 0.05) is 5.56 Å². The molecule has 2 amide bonds. The number of para-hydroxylation sites is 1. The zero-order chi connectivity index (χ0) is 22.7. The number of fused-ring (bicyclic) bond motifs is 1. The number of aromatic nitrogens is 3. The fourth-order valence-electron chi connectivity index (χ4n) is 3.13. The second-order valence-corrected chi connectivity index (χ2v) is 6.71. The van der Waals surface area contributed by atoms with Crippen LogP contribution in [0.5, 0.6) is 5.75 Å². The minimum atomic E-state index is -0.464. The van der Waals surface area contributed by atoms with Crippen molar-refractivity contribution in [2.75, 3.05) is 17.7 Å². The predicted molar refractivity (Wildman–Crippen MR) is 119 cm³/mol. The van der Waals surface area contributed by atoms with Crippen LogP contribution < -0.4 is 15.4 Å². The predicted octanol–water partition coefficient (Wildman–Crippen LogP) is 4.15. The molecule has 0 saturated heterocycles. The third kappa shape index (κ3) is 4.04. The summed E-state index contributed by atoms with van der Waals surface area (Å²) in [5.41, 5.74) is 2.30. The molecule has 0 spiro atoms. The van der Waals surface area contributed by atoms with Crippen molar-refractivity contribution in [3.05, 3.63) is 78.6 Å². The van der Waals surface area contributed by atoms with Crippen molar-refractivity contribution in [1.82, 2.24) is 15.2 Å². The fraction of sp³-hybridized carbons (Fsp3) is 0.0435. The molecule has 3 N–H and O–H groups in total. The summed E-state index contributed by atoms with van der Waals surface area (Å²) < 4.78 is 18.7. The third-order valence-corrected chi connectivity index (χ3v) is 4.72. The first-order valence-corrected chi connectivity index (χ1v) is 9.53. The van der Waals surface area contributed by atoms with E-state index in [1.165, 1.54) is 13.2 Å². The Balaban J connectivity index is 1.61. The summed E-state index contributed by atoms with van der Waals surface area (Å²) in [7, 11) is 1.39. The Labute approximate surface area is 182 Å². The molecule has 0 fully saturated rings. The number of amides is 2. The molecule has 0 radical (unpaired) electrons. The number of pyridine rings is 1. The molecule has 2 heterocycles. The highest BCUT2D eigenvalue weighted by Crippen LogP contribution is 2.28. The minimum absolute atomic E-state index is 0.115. The summed E-state index contributed by atoms with van der Waals surface area (Å²) in [5.74, 6) is -0.946. The first-order chi connectivity index (χ1) is 15.5. The van der Waals surface area contributed by atoms with Crippen LogP contribution in [0.25, 0.3) is 22.3 Å². The number of ether oxygens (including phenoxy) is 1. The van der Waals surface area contributed by atoms with E-state index in [0.717, 1.165) is 6.08 Å². The Morgan fingerprint density at radius 3 is 2.72 bits per heavy atom. The van der Waals surface area contributed by atoms with Crippen LogP contribution in [0.15, 0.2) is 67.3 Å². The number of hydrogen-bond donors (Lipinski definition) is 3. The Hall–Kier alpha value is -4.53. The number of aromatic amines is 1. The second kappa shape index (κ2) is 8.68. The van der Waals surface area contributed by atoms with Crippen LogP contribution in [0.2, 0.25) is 0 Å². The second-order valence-electron chi connectivity index (χ2n) is 6.71. The van der Waals surface area contributed by atoms with Crippen molar-refractivity contribution in [1.29, 1.82) is 0 Å². The van der Waals surface area contributed by atoms with Crippen molar-refractivity contribution in [2.24, 2.45) is 0 Å². The van der Waals surface area contributed by atoms with E-state index < -0.39 is 17.6 Å². The van der Waals surface area contributed by atoms with E-state index in [4.69, 9.17) is 4.74 Å². The van der Waals surface area contributed by atoms with Crippen LogP contribution in [0.3, 0.4) is 0 Å². The van der Waals surface area contributed by atoms with Gasteiger partial charge in [-0.15, -0.1) is 0 Å². The van der Waals surface area contributed by atoms with E-state index in [1.807, 2.05) is 0 Å². The monoisotopic (exact) mass is 431 g/mol. The molecule has 0 aliphatic carbocycles. The topological polar surface area (TPSA) is 109 Å². The van der Waals surface area contributed by atoms with E-state index in [0.29, 0.717) is 28.0 Å². The van der Waals surface area contributed by atoms with Gasteiger partial charge in [-0.3, -0.25) is 14.7 Å². The molecule has 8 nitrogen and oxygen atoms in total. The molecule has 0 bridgehead atoms. The molecule has 0 saturated carbocycles. The van der Waals surface area contributed by atoms with Crippen molar-refractivity contribution in [2.45, 2.75) is 0 Å². The molecule has 2 aromatic heterocycles. The number of hydrogen-bond acceptors (Lipinski definition) is 5. The number of nitrogens with zero attached hydrogens (tertiary/aromatic N) is 2. The molecule has 0 atom stereocenters. The van der Waals surface area contributed by atoms with Gasteiger partial charge in [-0.05, 0) is 48.5 Å². The highest BCUT2D eigenvalue weighted by molar-refractivity contribution is 6.12. The van der Waals surface area contributed by atoms with Crippen LogP contribution in [-0.4, -0.2) is 34.1 Å². The number of carbonyl (C=O) groups is 2. The van der Waals surface area contributed by atoms with E-state index in [2.05, 4.69) is 32.4 Å². The molecule has 4 aromatic rings. The zero-order valence-corrected chi connectivity index (χ0v) is 17.0. The highest BCUT2D eigenvalue weighted by Gasteiger charge is 2.16. The molecule has 0 aliphatic rings. The van der Waals surface area contributed by atoms with Crippen LogP contribution in [-0.2, 0) is 4.79 Å². The lowest BCUT2D eigenvalue weighted by atomic mass is 10.1. The molecule has 160 valence electrons. The van der Waals surface area contributed by atoms with E-state index >= 15 is 0 Å². The number of methoxy groups -OCH3 is 1. The number of H-pyrrole nitrogens is 1. The number of benzene rings is 2. The van der Waals surface area contributed by atoms with Crippen LogP contribution in [0.1, 0.15) is 10.4 Å². The van der Waals surface area contributed by atoms with Gasteiger partial charge in [0.2, 0.25) is 5.91 Å². The van der Waals surface area contributed by atoms with E-state index in [-0.39, 0.29) is 17.1 Å². The van der Waals surface area contributed by atoms with Gasteiger partial charge in [-0.2, -0.15) is 5.10 Å². The average Bonchev–Trinajstić information content (AvgIpc) is 3.21. The first-order valence-electron chi connectivity index (χ1n) is 9.53. The minimum Gasteiger partial charge on any atom is -0.494 e. The Kier molecular flexibility index (Phi) is 5.63. The van der Waals surface area contributed by atoms with Crippen molar-refractivity contribution >= 4 is 34.4 Å². The van der Waals surface area contributed by atoms with Gasteiger partial charge in [-0.25, -0.2) is 9.37 Å². The maximum atomic E-state index is 13.7. The molecule has 2 aromatic carbocycles. The standard InChI is InChI=1S/C23H18FN5O3/c1-3-20(30)25-18-7-5-4-6-14(18)23(31)27-22-15-9-11-17(26-21(15)28-29-22)13-8-10-16(24)19(12-13)32-2/h3-12H,1H2,2H3,(H,25,30)(H2,26,27,28,29,31). The van der Waals surface area contributed by atoms with Gasteiger partial charge in [-0.1, -0.05) is 18.7 Å². The molecular formula is C23H18FN5O3. The molecule has 0 unspecified atom stereocenters. The van der Waals surface area contributed by atoms with Gasteiger partial charge in [0.1, 0.15) is 0 Å². The summed E-state index contributed by atoms with van der Waals surface area (Å²) in [4.78, 5) is 29.0. The lowest BCUT2D eigenvalue weighted by Gasteiger charge is -2.09. The maximum Gasteiger partial charge on any atom is 0.258 e. The lowest BCUT2D eigenvalue weighted by molar-refractivity contribution is -0.111. The fourth-order valence-corrected chi connectivity index (χ4v) is 3.13. The number of halogens is 1. The lowest BCUT2D eigenvalue weighted by Crippen LogP contribution is -2.17. The van der Waals surface area contributed by atoms with Crippen molar-refractivity contribution in [3.63, 3.8) is 0 Å². The van der Waals surface area contributed by atoms with E-state index in [9.17, 15) is 14.0 Å². The highest BCUT2D eigenvalue weighted by atomic mass is 19.1.